The highest BCUT2D eigenvalue weighted by Gasteiger charge is 2.12. The normalized spacial score (nSPS) is 15.3. The van der Waals surface area contributed by atoms with Gasteiger partial charge in [-0.3, -0.25) is 0 Å². The van der Waals surface area contributed by atoms with Crippen molar-refractivity contribution in [1.82, 2.24) is 0 Å². The maximum Gasteiger partial charge on any atom is 0.175 e. The Labute approximate surface area is 110 Å². The van der Waals surface area contributed by atoms with Crippen LogP contribution in [0, 0.1) is 0 Å². The lowest BCUT2D eigenvalue weighted by molar-refractivity contribution is 0.532. The first-order chi connectivity index (χ1) is 8.34. The van der Waals surface area contributed by atoms with Crippen LogP contribution in [0.5, 0.6) is 0 Å². The van der Waals surface area contributed by atoms with Crippen LogP contribution < -0.4 is 5.73 Å². The predicted octanol–water partition coefficient (Wildman–Crippen LogP) is 2.71. The molecule has 0 bridgehead atoms. The van der Waals surface area contributed by atoms with E-state index in [4.69, 9.17) is 5.73 Å². The third kappa shape index (κ3) is 4.42. The van der Waals surface area contributed by atoms with Crippen molar-refractivity contribution < 1.29 is 8.42 Å². The molecule has 2 unspecified atom stereocenters. The molecule has 1 aromatic carbocycles. The fourth-order valence-electron chi connectivity index (χ4n) is 2.06. The van der Waals surface area contributed by atoms with Gasteiger partial charge < -0.3 is 5.73 Å². The van der Waals surface area contributed by atoms with E-state index in [9.17, 15) is 8.42 Å². The predicted molar refractivity (Wildman–Crippen MR) is 75.5 cm³/mol. The maximum atomic E-state index is 11.4. The van der Waals surface area contributed by atoms with Crippen molar-refractivity contribution in [2.75, 3.05) is 6.26 Å². The van der Waals surface area contributed by atoms with Crippen LogP contribution in [0.2, 0.25) is 0 Å². The number of hydrogen-bond donors (Lipinski definition) is 1. The average Bonchev–Trinajstić information content (AvgIpc) is 2.29. The Hall–Kier alpha value is -0.870. The molecule has 0 aliphatic carbocycles. The van der Waals surface area contributed by atoms with E-state index in [1.165, 1.54) is 11.8 Å². The van der Waals surface area contributed by atoms with E-state index in [0.717, 1.165) is 19.3 Å². The van der Waals surface area contributed by atoms with Gasteiger partial charge in [0, 0.05) is 12.3 Å². The van der Waals surface area contributed by atoms with E-state index in [2.05, 4.69) is 6.92 Å². The highest BCUT2D eigenvalue weighted by atomic mass is 32.2. The monoisotopic (exact) mass is 269 g/mol. The Morgan fingerprint density at radius 1 is 1.17 bits per heavy atom. The molecule has 3 nitrogen and oxygen atoms in total. The first-order valence-electron chi connectivity index (χ1n) is 6.40. The van der Waals surface area contributed by atoms with Gasteiger partial charge in [-0.15, -0.1) is 0 Å². The van der Waals surface area contributed by atoms with Crippen molar-refractivity contribution >= 4 is 9.84 Å². The van der Waals surface area contributed by atoms with Crippen LogP contribution in [-0.4, -0.2) is 20.7 Å². The molecule has 0 aromatic heterocycles. The molecule has 0 aliphatic rings. The molecule has 1 rings (SSSR count). The zero-order chi connectivity index (χ0) is 13.8. The minimum atomic E-state index is -3.10. The van der Waals surface area contributed by atoms with E-state index in [1.54, 1.807) is 12.1 Å². The Bertz CT molecular complexity index is 463. The molecule has 0 aliphatic heterocycles. The van der Waals surface area contributed by atoms with Gasteiger partial charge in [0.25, 0.3) is 0 Å². The van der Waals surface area contributed by atoms with Crippen LogP contribution in [0.25, 0.3) is 0 Å². The van der Waals surface area contributed by atoms with Gasteiger partial charge >= 0.3 is 0 Å². The van der Waals surface area contributed by atoms with Crippen molar-refractivity contribution in [2.24, 2.45) is 5.73 Å². The Morgan fingerprint density at radius 3 is 2.11 bits per heavy atom. The molecule has 18 heavy (non-hydrogen) atoms. The number of rotatable bonds is 6. The molecule has 0 spiro atoms. The maximum absolute atomic E-state index is 11.4. The lowest BCUT2D eigenvalue weighted by Gasteiger charge is -2.16. The molecular weight excluding hydrogens is 246 g/mol. The molecule has 0 amide bonds. The Balaban J connectivity index is 2.82. The summed E-state index contributed by atoms with van der Waals surface area (Å²) in [5.74, 6) is 0.463. The summed E-state index contributed by atoms with van der Waals surface area (Å²) in [6.07, 6.45) is 4.32. The van der Waals surface area contributed by atoms with Crippen molar-refractivity contribution in [3.8, 4) is 0 Å². The van der Waals surface area contributed by atoms with Gasteiger partial charge in [-0.05, 0) is 49.8 Å². The van der Waals surface area contributed by atoms with Crippen molar-refractivity contribution in [2.45, 2.75) is 50.0 Å². The van der Waals surface area contributed by atoms with Crippen LogP contribution in [0.1, 0.15) is 44.6 Å². The van der Waals surface area contributed by atoms with Gasteiger partial charge in [0.1, 0.15) is 0 Å². The average molecular weight is 269 g/mol. The molecule has 0 radical (unpaired) electrons. The van der Waals surface area contributed by atoms with E-state index >= 15 is 0 Å². The van der Waals surface area contributed by atoms with Gasteiger partial charge in [-0.1, -0.05) is 19.1 Å². The lowest BCUT2D eigenvalue weighted by Crippen LogP contribution is -2.15. The Kier molecular flexibility index (Phi) is 5.35. The zero-order valence-electron chi connectivity index (χ0n) is 11.4. The summed E-state index contributed by atoms with van der Waals surface area (Å²) in [6.45, 7) is 4.16. The van der Waals surface area contributed by atoms with Crippen molar-refractivity contribution in [3.63, 3.8) is 0 Å². The summed E-state index contributed by atoms with van der Waals surface area (Å²) in [4.78, 5) is 0.383. The number of sulfone groups is 1. The molecule has 2 atom stereocenters. The number of nitrogens with two attached hydrogens (primary N) is 1. The van der Waals surface area contributed by atoms with Gasteiger partial charge in [0.15, 0.2) is 9.84 Å². The fourth-order valence-corrected chi connectivity index (χ4v) is 2.69. The molecule has 0 saturated carbocycles. The second-order valence-electron chi connectivity index (χ2n) is 5.00. The molecule has 0 fully saturated rings. The first-order valence-corrected chi connectivity index (χ1v) is 8.29. The summed E-state index contributed by atoms with van der Waals surface area (Å²) in [6, 6.07) is 7.45. The minimum Gasteiger partial charge on any atom is -0.328 e. The third-order valence-corrected chi connectivity index (χ3v) is 4.37. The van der Waals surface area contributed by atoms with Crippen LogP contribution in [0.15, 0.2) is 29.2 Å². The molecule has 2 N–H and O–H groups in total. The van der Waals surface area contributed by atoms with Crippen LogP contribution in [0.3, 0.4) is 0 Å². The quantitative estimate of drug-likeness (QED) is 0.863. The van der Waals surface area contributed by atoms with Crippen molar-refractivity contribution in [1.29, 1.82) is 0 Å². The highest BCUT2D eigenvalue weighted by Crippen LogP contribution is 2.26. The summed E-state index contributed by atoms with van der Waals surface area (Å²) >= 11 is 0. The second-order valence-corrected chi connectivity index (χ2v) is 7.02. The third-order valence-electron chi connectivity index (χ3n) is 3.24. The number of hydrogen-bond acceptors (Lipinski definition) is 3. The highest BCUT2D eigenvalue weighted by molar-refractivity contribution is 7.90. The van der Waals surface area contributed by atoms with Crippen LogP contribution >= 0.6 is 0 Å². The van der Waals surface area contributed by atoms with E-state index < -0.39 is 9.84 Å². The molecule has 1 aromatic rings. The summed E-state index contributed by atoms with van der Waals surface area (Å²) in [5.41, 5.74) is 6.97. The minimum absolute atomic E-state index is 0.217. The molecule has 102 valence electrons. The Morgan fingerprint density at radius 2 is 1.72 bits per heavy atom. The molecule has 4 heteroatoms. The van der Waals surface area contributed by atoms with Gasteiger partial charge in [-0.2, -0.15) is 0 Å². The summed E-state index contributed by atoms with van der Waals surface area (Å²) in [7, 11) is -3.10. The summed E-state index contributed by atoms with van der Waals surface area (Å²) in [5, 5.41) is 0. The lowest BCUT2D eigenvalue weighted by atomic mass is 9.91. The van der Waals surface area contributed by atoms with E-state index in [-0.39, 0.29) is 6.04 Å². The smallest absolute Gasteiger partial charge is 0.175 e. The second kappa shape index (κ2) is 6.34. The standard InChI is InChI=1S/C14H23NO2S/c1-4-12(6-5-11(2)15)13-7-9-14(10-8-13)18(3,16)17/h7-12H,4-6,15H2,1-3H3. The molecule has 0 heterocycles. The van der Waals surface area contributed by atoms with E-state index in [0.29, 0.717) is 10.8 Å². The van der Waals surface area contributed by atoms with E-state index in [1.807, 2.05) is 19.1 Å². The van der Waals surface area contributed by atoms with Gasteiger partial charge in [-0.25, -0.2) is 8.42 Å². The van der Waals surface area contributed by atoms with Crippen LogP contribution in [0.4, 0.5) is 0 Å². The first kappa shape index (κ1) is 15.2. The topological polar surface area (TPSA) is 60.2 Å². The summed E-state index contributed by atoms with van der Waals surface area (Å²) < 4.78 is 22.8. The SMILES string of the molecule is CCC(CCC(C)N)c1ccc(S(C)(=O)=O)cc1. The fraction of sp³-hybridized carbons (Fsp3) is 0.571. The van der Waals surface area contributed by atoms with Crippen molar-refractivity contribution in [3.05, 3.63) is 29.8 Å². The molecular formula is C14H23NO2S. The van der Waals surface area contributed by atoms with Crippen LogP contribution in [-0.2, 0) is 9.84 Å². The molecule has 0 saturated heterocycles. The van der Waals surface area contributed by atoms with Gasteiger partial charge in [0.2, 0.25) is 0 Å². The largest absolute Gasteiger partial charge is 0.328 e. The van der Waals surface area contributed by atoms with Gasteiger partial charge in [0.05, 0.1) is 4.90 Å². The zero-order valence-corrected chi connectivity index (χ0v) is 12.2. The number of benzene rings is 1.